The first-order valence-electron chi connectivity index (χ1n) is 9.17. The van der Waals surface area contributed by atoms with E-state index in [9.17, 15) is 0 Å². The Hall–Kier alpha value is -2.53. The minimum Gasteiger partial charge on any atom is -0.496 e. The van der Waals surface area contributed by atoms with Crippen molar-refractivity contribution in [2.75, 3.05) is 19.5 Å². The van der Waals surface area contributed by atoms with E-state index in [1.807, 2.05) is 13.0 Å². The number of aryl methyl sites for hydroxylation is 2. The molecule has 0 amide bonds. The molecule has 4 rings (SSSR count). The molecule has 0 radical (unpaired) electrons. The third-order valence-corrected chi connectivity index (χ3v) is 5.54. The average molecular weight is 350 g/mol. The van der Waals surface area contributed by atoms with Crippen LogP contribution in [0.1, 0.15) is 23.2 Å². The van der Waals surface area contributed by atoms with Crippen LogP contribution in [0.5, 0.6) is 5.75 Å². The van der Waals surface area contributed by atoms with Gasteiger partial charge in [-0.1, -0.05) is 6.07 Å². The fourth-order valence-corrected chi connectivity index (χ4v) is 3.99. The van der Waals surface area contributed by atoms with E-state index >= 15 is 0 Å². The summed E-state index contributed by atoms with van der Waals surface area (Å²) in [4.78, 5) is 4.89. The quantitative estimate of drug-likeness (QED) is 0.753. The number of nitrogens with zero attached hydrogens (tertiary/aromatic N) is 2. The van der Waals surface area contributed by atoms with Gasteiger partial charge in [0.2, 0.25) is 0 Å². The normalized spacial score (nSPS) is 16.5. The second kappa shape index (κ2) is 6.65. The standard InChI is InChI=1S/C21H26N4O/c1-13-5-6-15(12-19(13)26-4)23-20-10-8-16-17-11-14(22-2)7-9-18(17)25(3)21(16)24-20/h5-6,8,10,12,14,22H,7,9,11H2,1-4H3,(H,23,24). The lowest BCUT2D eigenvalue weighted by atomic mass is 9.92. The highest BCUT2D eigenvalue weighted by molar-refractivity contribution is 5.84. The average Bonchev–Trinajstić information content (AvgIpc) is 2.94. The summed E-state index contributed by atoms with van der Waals surface area (Å²) in [5.41, 5.74) is 6.03. The number of pyridine rings is 1. The van der Waals surface area contributed by atoms with Gasteiger partial charge in [0.05, 0.1) is 7.11 Å². The molecule has 1 aliphatic carbocycles. The Morgan fingerprint density at radius 3 is 2.85 bits per heavy atom. The number of ether oxygens (including phenoxy) is 1. The Morgan fingerprint density at radius 2 is 2.08 bits per heavy atom. The van der Waals surface area contributed by atoms with Crippen molar-refractivity contribution in [2.24, 2.45) is 7.05 Å². The van der Waals surface area contributed by atoms with Gasteiger partial charge < -0.3 is 19.9 Å². The van der Waals surface area contributed by atoms with Crippen LogP contribution in [-0.4, -0.2) is 29.8 Å². The van der Waals surface area contributed by atoms with E-state index < -0.39 is 0 Å². The van der Waals surface area contributed by atoms with Gasteiger partial charge in [0, 0.05) is 35.9 Å². The maximum atomic E-state index is 5.42. The molecule has 5 nitrogen and oxygen atoms in total. The van der Waals surface area contributed by atoms with Gasteiger partial charge in [0.15, 0.2) is 0 Å². The maximum absolute atomic E-state index is 5.42. The minimum absolute atomic E-state index is 0.561. The van der Waals surface area contributed by atoms with Crippen LogP contribution in [0.2, 0.25) is 0 Å². The highest BCUT2D eigenvalue weighted by Crippen LogP contribution is 2.32. The van der Waals surface area contributed by atoms with Crippen molar-refractivity contribution in [3.63, 3.8) is 0 Å². The smallest absolute Gasteiger partial charge is 0.142 e. The molecule has 1 atom stereocenters. The summed E-state index contributed by atoms with van der Waals surface area (Å²) in [6.07, 6.45) is 3.36. The molecule has 2 N–H and O–H groups in total. The highest BCUT2D eigenvalue weighted by atomic mass is 16.5. The fourth-order valence-electron chi connectivity index (χ4n) is 3.99. The van der Waals surface area contributed by atoms with E-state index in [0.717, 1.165) is 41.3 Å². The SMILES string of the molecule is CNC1CCc2c(c3ccc(Nc4ccc(C)c(OC)c4)nc3n2C)C1. The maximum Gasteiger partial charge on any atom is 0.142 e. The van der Waals surface area contributed by atoms with E-state index in [-0.39, 0.29) is 0 Å². The van der Waals surface area contributed by atoms with Gasteiger partial charge in [-0.25, -0.2) is 4.98 Å². The lowest BCUT2D eigenvalue weighted by Crippen LogP contribution is -2.31. The van der Waals surface area contributed by atoms with Crippen LogP contribution in [0, 0.1) is 6.92 Å². The van der Waals surface area contributed by atoms with Gasteiger partial charge in [-0.2, -0.15) is 0 Å². The molecule has 0 fully saturated rings. The number of benzene rings is 1. The molecule has 2 aromatic heterocycles. The van der Waals surface area contributed by atoms with Crippen LogP contribution in [0.25, 0.3) is 11.0 Å². The summed E-state index contributed by atoms with van der Waals surface area (Å²) in [5.74, 6) is 1.73. The van der Waals surface area contributed by atoms with Crippen LogP contribution < -0.4 is 15.4 Å². The molecule has 26 heavy (non-hydrogen) atoms. The number of fused-ring (bicyclic) bond motifs is 3. The van der Waals surface area contributed by atoms with Crippen molar-refractivity contribution in [1.82, 2.24) is 14.9 Å². The van der Waals surface area contributed by atoms with Crippen molar-refractivity contribution in [3.05, 3.63) is 47.2 Å². The molecule has 0 bridgehead atoms. The van der Waals surface area contributed by atoms with E-state index in [0.29, 0.717) is 6.04 Å². The molecule has 1 aliphatic rings. The van der Waals surface area contributed by atoms with Gasteiger partial charge in [0.1, 0.15) is 17.2 Å². The molecule has 136 valence electrons. The monoisotopic (exact) mass is 350 g/mol. The number of likely N-dealkylation sites (N-methyl/N-ethyl adjacent to an activating group) is 1. The van der Waals surface area contributed by atoms with E-state index in [1.165, 1.54) is 23.1 Å². The van der Waals surface area contributed by atoms with Gasteiger partial charge >= 0.3 is 0 Å². The number of rotatable bonds is 4. The van der Waals surface area contributed by atoms with Crippen LogP contribution in [-0.2, 0) is 19.9 Å². The zero-order valence-electron chi connectivity index (χ0n) is 15.9. The molecule has 0 spiro atoms. The Morgan fingerprint density at radius 1 is 1.23 bits per heavy atom. The number of hydrogen-bond acceptors (Lipinski definition) is 4. The molecular weight excluding hydrogens is 324 g/mol. The molecular formula is C21H26N4O. The summed E-state index contributed by atoms with van der Waals surface area (Å²) < 4.78 is 7.68. The Bertz CT molecular complexity index is 960. The summed E-state index contributed by atoms with van der Waals surface area (Å²) >= 11 is 0. The lowest BCUT2D eigenvalue weighted by Gasteiger charge is -2.22. The van der Waals surface area contributed by atoms with Crippen molar-refractivity contribution in [3.8, 4) is 5.75 Å². The van der Waals surface area contributed by atoms with E-state index in [1.54, 1.807) is 7.11 Å². The van der Waals surface area contributed by atoms with Gasteiger partial charge in [-0.3, -0.25) is 0 Å². The number of anilines is 2. The lowest BCUT2D eigenvalue weighted by molar-refractivity contribution is 0.412. The van der Waals surface area contributed by atoms with Crippen molar-refractivity contribution < 1.29 is 4.74 Å². The minimum atomic E-state index is 0.561. The van der Waals surface area contributed by atoms with Crippen LogP contribution in [0.3, 0.4) is 0 Å². The number of hydrogen-bond donors (Lipinski definition) is 2. The van der Waals surface area contributed by atoms with Gasteiger partial charge in [-0.15, -0.1) is 0 Å². The zero-order chi connectivity index (χ0) is 18.3. The molecule has 5 heteroatoms. The molecule has 0 saturated heterocycles. The van der Waals surface area contributed by atoms with E-state index in [2.05, 4.69) is 53.6 Å². The molecule has 0 saturated carbocycles. The van der Waals surface area contributed by atoms with Crippen LogP contribution >= 0.6 is 0 Å². The Kier molecular flexibility index (Phi) is 4.32. The first-order valence-corrected chi connectivity index (χ1v) is 9.17. The largest absolute Gasteiger partial charge is 0.496 e. The summed E-state index contributed by atoms with van der Waals surface area (Å²) in [7, 11) is 5.88. The third kappa shape index (κ3) is 2.82. The number of nitrogens with one attached hydrogen (secondary N) is 2. The number of methoxy groups -OCH3 is 1. The van der Waals surface area contributed by atoms with Crippen LogP contribution in [0.4, 0.5) is 11.5 Å². The highest BCUT2D eigenvalue weighted by Gasteiger charge is 2.24. The predicted molar refractivity (Wildman–Crippen MR) is 107 cm³/mol. The van der Waals surface area contributed by atoms with E-state index in [4.69, 9.17) is 9.72 Å². The summed E-state index contributed by atoms with van der Waals surface area (Å²) in [6, 6.07) is 10.9. The molecule has 2 heterocycles. The zero-order valence-corrected chi connectivity index (χ0v) is 15.9. The molecule has 1 aromatic carbocycles. The third-order valence-electron chi connectivity index (χ3n) is 5.54. The van der Waals surface area contributed by atoms with Gasteiger partial charge in [-0.05, 0) is 62.6 Å². The predicted octanol–water partition coefficient (Wildman–Crippen LogP) is 3.71. The second-order valence-corrected chi connectivity index (χ2v) is 7.09. The summed E-state index contributed by atoms with van der Waals surface area (Å²) in [6.45, 7) is 2.04. The first kappa shape index (κ1) is 16.9. The van der Waals surface area contributed by atoms with Crippen LogP contribution in [0.15, 0.2) is 30.3 Å². The number of aromatic nitrogens is 2. The fraction of sp³-hybridized carbons (Fsp3) is 0.381. The van der Waals surface area contributed by atoms with Crippen molar-refractivity contribution >= 4 is 22.5 Å². The Balaban J connectivity index is 1.69. The molecule has 3 aromatic rings. The first-order chi connectivity index (χ1) is 12.6. The Labute approximate surface area is 154 Å². The molecule has 0 aliphatic heterocycles. The second-order valence-electron chi connectivity index (χ2n) is 7.09. The van der Waals surface area contributed by atoms with Crippen molar-refractivity contribution in [1.29, 1.82) is 0 Å². The van der Waals surface area contributed by atoms with Crippen molar-refractivity contribution in [2.45, 2.75) is 32.2 Å². The van der Waals surface area contributed by atoms with Gasteiger partial charge in [0.25, 0.3) is 0 Å². The summed E-state index contributed by atoms with van der Waals surface area (Å²) in [5, 5.41) is 8.11. The molecule has 1 unspecified atom stereocenters. The topological polar surface area (TPSA) is 51.1 Å².